The number of benzene rings is 1. The van der Waals surface area contributed by atoms with E-state index in [1.165, 1.54) is 0 Å². The Labute approximate surface area is 103 Å². The van der Waals surface area contributed by atoms with Gasteiger partial charge in [-0.15, -0.1) is 0 Å². The van der Waals surface area contributed by atoms with Crippen molar-refractivity contribution in [3.05, 3.63) is 22.7 Å². The van der Waals surface area contributed by atoms with Gasteiger partial charge in [0.05, 0.1) is 11.6 Å². The van der Waals surface area contributed by atoms with Gasteiger partial charge in [-0.3, -0.25) is 5.41 Å². The number of hydrogen-bond donors (Lipinski definition) is 2. The van der Waals surface area contributed by atoms with Crippen molar-refractivity contribution in [3.8, 4) is 11.5 Å². The molecule has 0 fully saturated rings. The molecular weight excluding hydrogens is 272 g/mol. The van der Waals surface area contributed by atoms with E-state index in [0.717, 1.165) is 10.2 Å². The third-order valence-electron chi connectivity index (χ3n) is 2.13. The van der Waals surface area contributed by atoms with E-state index in [1.54, 1.807) is 19.2 Å². The molecule has 5 heteroatoms. The normalized spacial score (nSPS) is 11.9. The Hall–Kier alpha value is -1.23. The molecular formula is C11H15BrN2O2. The fourth-order valence-electron chi connectivity index (χ4n) is 1.22. The summed E-state index contributed by atoms with van der Waals surface area (Å²) in [6.45, 7) is 1.92. The Morgan fingerprint density at radius 1 is 1.56 bits per heavy atom. The van der Waals surface area contributed by atoms with Crippen molar-refractivity contribution in [3.63, 3.8) is 0 Å². The average Bonchev–Trinajstić information content (AvgIpc) is 2.26. The summed E-state index contributed by atoms with van der Waals surface area (Å²) < 4.78 is 11.5. The highest BCUT2D eigenvalue weighted by Gasteiger charge is 2.13. The smallest absolute Gasteiger partial charge is 0.155 e. The van der Waals surface area contributed by atoms with E-state index in [4.69, 9.17) is 20.6 Å². The van der Waals surface area contributed by atoms with E-state index in [2.05, 4.69) is 15.9 Å². The van der Waals surface area contributed by atoms with E-state index in [0.29, 0.717) is 12.2 Å². The van der Waals surface area contributed by atoms with Gasteiger partial charge in [0, 0.05) is 0 Å². The standard InChI is InChI=1S/C11H15BrN2O2/c1-3-9(11(13)14)16-10-5-4-7(15-2)6-8(10)12/h4-6,9H,3H2,1-2H3,(H3,13,14). The molecule has 0 bridgehead atoms. The molecule has 0 aliphatic heterocycles. The van der Waals surface area contributed by atoms with Gasteiger partial charge in [0.1, 0.15) is 17.3 Å². The summed E-state index contributed by atoms with van der Waals surface area (Å²) >= 11 is 3.38. The van der Waals surface area contributed by atoms with E-state index in [-0.39, 0.29) is 11.9 Å². The van der Waals surface area contributed by atoms with Gasteiger partial charge < -0.3 is 15.2 Å². The van der Waals surface area contributed by atoms with Crippen molar-refractivity contribution in [2.24, 2.45) is 5.73 Å². The van der Waals surface area contributed by atoms with E-state index in [9.17, 15) is 0 Å². The molecule has 1 rings (SSSR count). The van der Waals surface area contributed by atoms with Crippen LogP contribution < -0.4 is 15.2 Å². The number of halogens is 1. The van der Waals surface area contributed by atoms with Crippen LogP contribution in [-0.4, -0.2) is 19.0 Å². The summed E-state index contributed by atoms with van der Waals surface area (Å²) in [6, 6.07) is 5.39. The number of nitrogens with one attached hydrogen (secondary N) is 1. The number of ether oxygens (including phenoxy) is 2. The topological polar surface area (TPSA) is 68.3 Å². The van der Waals surface area contributed by atoms with Crippen LogP contribution in [0.15, 0.2) is 22.7 Å². The number of rotatable bonds is 5. The van der Waals surface area contributed by atoms with Gasteiger partial charge >= 0.3 is 0 Å². The molecule has 1 aromatic carbocycles. The van der Waals surface area contributed by atoms with Crippen molar-refractivity contribution >= 4 is 21.8 Å². The molecule has 0 radical (unpaired) electrons. The molecule has 1 unspecified atom stereocenters. The molecule has 3 N–H and O–H groups in total. The second-order valence-corrected chi connectivity index (χ2v) is 4.12. The summed E-state index contributed by atoms with van der Waals surface area (Å²) in [6.07, 6.45) is 0.276. The van der Waals surface area contributed by atoms with Gasteiger partial charge in [0.25, 0.3) is 0 Å². The van der Waals surface area contributed by atoms with Crippen molar-refractivity contribution in [1.82, 2.24) is 0 Å². The first-order chi connectivity index (χ1) is 7.58. The zero-order valence-electron chi connectivity index (χ0n) is 9.29. The van der Waals surface area contributed by atoms with Crippen LogP contribution in [-0.2, 0) is 0 Å². The van der Waals surface area contributed by atoms with E-state index >= 15 is 0 Å². The Morgan fingerprint density at radius 2 is 2.25 bits per heavy atom. The number of nitrogens with two attached hydrogens (primary N) is 1. The number of hydrogen-bond acceptors (Lipinski definition) is 3. The molecule has 0 heterocycles. The SMILES string of the molecule is CCC(Oc1ccc(OC)cc1Br)C(=N)N. The molecule has 0 amide bonds. The summed E-state index contributed by atoms with van der Waals surface area (Å²) in [4.78, 5) is 0. The highest BCUT2D eigenvalue weighted by Crippen LogP contribution is 2.30. The molecule has 0 aromatic heterocycles. The zero-order valence-corrected chi connectivity index (χ0v) is 10.9. The zero-order chi connectivity index (χ0) is 12.1. The maximum absolute atomic E-state index is 7.36. The summed E-state index contributed by atoms with van der Waals surface area (Å²) in [5, 5.41) is 7.36. The molecule has 0 saturated heterocycles. The van der Waals surface area contributed by atoms with Gasteiger partial charge in [-0.1, -0.05) is 6.92 Å². The largest absolute Gasteiger partial charge is 0.497 e. The van der Waals surface area contributed by atoms with Crippen LogP contribution in [0.1, 0.15) is 13.3 Å². The van der Waals surface area contributed by atoms with Gasteiger partial charge in [-0.25, -0.2) is 0 Å². The van der Waals surface area contributed by atoms with Crippen molar-refractivity contribution in [1.29, 1.82) is 5.41 Å². The van der Waals surface area contributed by atoms with Crippen LogP contribution in [0.5, 0.6) is 11.5 Å². The maximum Gasteiger partial charge on any atom is 0.155 e. The predicted octanol–water partition coefficient (Wildman–Crippen LogP) is 2.55. The maximum atomic E-state index is 7.36. The monoisotopic (exact) mass is 286 g/mol. The predicted molar refractivity (Wildman–Crippen MR) is 67.3 cm³/mol. The van der Waals surface area contributed by atoms with Crippen molar-refractivity contribution < 1.29 is 9.47 Å². The lowest BCUT2D eigenvalue weighted by Gasteiger charge is -2.17. The van der Waals surface area contributed by atoms with Crippen LogP contribution in [0.3, 0.4) is 0 Å². The highest BCUT2D eigenvalue weighted by atomic mass is 79.9. The molecule has 1 atom stereocenters. The lowest BCUT2D eigenvalue weighted by molar-refractivity contribution is 0.258. The Kier molecular flexibility index (Phi) is 4.61. The first kappa shape index (κ1) is 12.8. The van der Waals surface area contributed by atoms with Crippen molar-refractivity contribution in [2.45, 2.75) is 19.4 Å². The molecule has 4 nitrogen and oxygen atoms in total. The Morgan fingerprint density at radius 3 is 2.69 bits per heavy atom. The number of amidine groups is 1. The third kappa shape index (κ3) is 3.13. The van der Waals surface area contributed by atoms with Gasteiger partial charge in [0.2, 0.25) is 0 Å². The molecule has 88 valence electrons. The second kappa shape index (κ2) is 5.75. The molecule has 0 saturated carbocycles. The van der Waals surface area contributed by atoms with Gasteiger partial charge in [-0.2, -0.15) is 0 Å². The molecule has 1 aromatic rings. The summed E-state index contributed by atoms with van der Waals surface area (Å²) in [5.41, 5.74) is 5.42. The minimum Gasteiger partial charge on any atom is -0.497 e. The van der Waals surface area contributed by atoms with Crippen LogP contribution in [0.4, 0.5) is 0 Å². The quantitative estimate of drug-likeness (QED) is 0.646. The Bertz CT molecular complexity index is 382. The van der Waals surface area contributed by atoms with Crippen LogP contribution in [0, 0.1) is 5.41 Å². The first-order valence-electron chi connectivity index (χ1n) is 4.92. The first-order valence-corrected chi connectivity index (χ1v) is 5.71. The minimum absolute atomic E-state index is 0.0326. The lowest BCUT2D eigenvalue weighted by Crippen LogP contribution is -2.32. The van der Waals surface area contributed by atoms with Crippen LogP contribution in [0.2, 0.25) is 0 Å². The molecule has 0 aliphatic rings. The fraction of sp³-hybridized carbons (Fsp3) is 0.364. The van der Waals surface area contributed by atoms with Gasteiger partial charge in [-0.05, 0) is 40.5 Å². The average molecular weight is 287 g/mol. The number of methoxy groups -OCH3 is 1. The van der Waals surface area contributed by atoms with Crippen molar-refractivity contribution in [2.75, 3.05) is 7.11 Å². The molecule has 0 spiro atoms. The molecule has 0 aliphatic carbocycles. The fourth-order valence-corrected chi connectivity index (χ4v) is 1.68. The van der Waals surface area contributed by atoms with Crippen LogP contribution in [0.25, 0.3) is 0 Å². The third-order valence-corrected chi connectivity index (χ3v) is 2.75. The Balaban J connectivity index is 2.84. The lowest BCUT2D eigenvalue weighted by atomic mass is 10.2. The summed E-state index contributed by atoms with van der Waals surface area (Å²) in [7, 11) is 1.60. The highest BCUT2D eigenvalue weighted by molar-refractivity contribution is 9.10. The van der Waals surface area contributed by atoms with Gasteiger partial charge in [0.15, 0.2) is 6.10 Å². The molecule has 16 heavy (non-hydrogen) atoms. The minimum atomic E-state index is -0.385. The summed E-state index contributed by atoms with van der Waals surface area (Å²) in [5.74, 6) is 1.43. The van der Waals surface area contributed by atoms with E-state index < -0.39 is 0 Å². The van der Waals surface area contributed by atoms with E-state index in [1.807, 2.05) is 13.0 Å². The van der Waals surface area contributed by atoms with Crippen LogP contribution >= 0.6 is 15.9 Å². The second-order valence-electron chi connectivity index (χ2n) is 3.27.